The molecule has 7 heteroatoms. The summed E-state index contributed by atoms with van der Waals surface area (Å²) in [4.78, 5) is 25.9. The Balaban J connectivity index is 2.65. The van der Waals surface area contributed by atoms with Crippen molar-refractivity contribution in [2.45, 2.75) is 0 Å². The number of aromatic hydroxyl groups is 1. The van der Waals surface area contributed by atoms with E-state index in [9.17, 15) is 14.7 Å². The van der Waals surface area contributed by atoms with Gasteiger partial charge in [0, 0.05) is 4.47 Å². The summed E-state index contributed by atoms with van der Waals surface area (Å²) in [6, 6.07) is 4.27. The number of hydrogen-bond donors (Lipinski definition) is 3. The molecule has 0 unspecified atom stereocenters. The van der Waals surface area contributed by atoms with Gasteiger partial charge >= 0.3 is 5.97 Å². The lowest BCUT2D eigenvalue weighted by Crippen LogP contribution is -2.26. The van der Waals surface area contributed by atoms with Gasteiger partial charge in [0.2, 0.25) is 0 Å². The number of rotatable bonds is 4. The molecule has 0 radical (unpaired) electrons. The van der Waals surface area contributed by atoms with E-state index < -0.39 is 18.5 Å². The standard InChI is InChI=1S/C9H8BrNO5/c10-5-1-2-7(12)6(3-5)9(15)11-16-4-8(13)14/h1-3,12H,4H2,(H,11,15)(H,13,14). The van der Waals surface area contributed by atoms with E-state index in [4.69, 9.17) is 5.11 Å². The molecule has 3 N–H and O–H groups in total. The molecule has 6 nitrogen and oxygen atoms in total. The average molecular weight is 290 g/mol. The molecule has 0 saturated carbocycles. The molecule has 0 aromatic heterocycles. The Hall–Kier alpha value is -1.60. The van der Waals surface area contributed by atoms with Crippen LogP contribution in [0.15, 0.2) is 22.7 Å². The van der Waals surface area contributed by atoms with E-state index in [0.29, 0.717) is 4.47 Å². The molecule has 0 aliphatic rings. The fourth-order valence-corrected chi connectivity index (χ4v) is 1.27. The van der Waals surface area contributed by atoms with E-state index in [1.165, 1.54) is 12.1 Å². The molecule has 0 fully saturated rings. The molecule has 1 aromatic carbocycles. The van der Waals surface area contributed by atoms with Crippen molar-refractivity contribution in [3.05, 3.63) is 28.2 Å². The number of hydrogen-bond acceptors (Lipinski definition) is 4. The predicted octanol–water partition coefficient (Wildman–Crippen LogP) is 0.901. The van der Waals surface area contributed by atoms with Gasteiger partial charge in [-0.2, -0.15) is 0 Å². The van der Waals surface area contributed by atoms with Gasteiger partial charge < -0.3 is 10.2 Å². The van der Waals surface area contributed by atoms with Gasteiger partial charge in [-0.25, -0.2) is 10.3 Å². The molecule has 1 aromatic rings. The summed E-state index contributed by atoms with van der Waals surface area (Å²) >= 11 is 3.13. The number of carbonyl (C=O) groups is 2. The predicted molar refractivity (Wildman–Crippen MR) is 56.9 cm³/mol. The fraction of sp³-hybridized carbons (Fsp3) is 0.111. The van der Waals surface area contributed by atoms with Crippen LogP contribution in [0.2, 0.25) is 0 Å². The Bertz CT molecular complexity index is 420. The number of nitrogens with one attached hydrogen (secondary N) is 1. The third-order valence-electron chi connectivity index (χ3n) is 1.56. The highest BCUT2D eigenvalue weighted by Gasteiger charge is 2.11. The van der Waals surface area contributed by atoms with Gasteiger partial charge in [-0.1, -0.05) is 15.9 Å². The van der Waals surface area contributed by atoms with Crippen molar-refractivity contribution in [2.75, 3.05) is 6.61 Å². The second-order valence-electron chi connectivity index (χ2n) is 2.78. The van der Waals surface area contributed by atoms with Crippen molar-refractivity contribution in [3.63, 3.8) is 0 Å². The lowest BCUT2D eigenvalue weighted by atomic mass is 10.2. The van der Waals surface area contributed by atoms with E-state index >= 15 is 0 Å². The molecule has 0 heterocycles. The molecule has 0 atom stereocenters. The van der Waals surface area contributed by atoms with Crippen molar-refractivity contribution in [2.24, 2.45) is 0 Å². The molecule has 0 bridgehead atoms. The topological polar surface area (TPSA) is 95.9 Å². The third kappa shape index (κ3) is 3.52. The summed E-state index contributed by atoms with van der Waals surface area (Å²) in [6.07, 6.45) is 0. The first-order valence-electron chi connectivity index (χ1n) is 4.13. The van der Waals surface area contributed by atoms with Gasteiger partial charge in [0.15, 0.2) is 6.61 Å². The van der Waals surface area contributed by atoms with Crippen LogP contribution < -0.4 is 5.48 Å². The number of amides is 1. The van der Waals surface area contributed by atoms with Crippen molar-refractivity contribution >= 4 is 27.8 Å². The van der Waals surface area contributed by atoms with Crippen molar-refractivity contribution in [3.8, 4) is 5.75 Å². The molecule has 0 aliphatic carbocycles. The largest absolute Gasteiger partial charge is 0.507 e. The van der Waals surface area contributed by atoms with E-state index in [2.05, 4.69) is 20.8 Å². The van der Waals surface area contributed by atoms with E-state index in [-0.39, 0.29) is 11.3 Å². The maximum atomic E-state index is 11.4. The summed E-state index contributed by atoms with van der Waals surface area (Å²) in [5.41, 5.74) is 1.88. The lowest BCUT2D eigenvalue weighted by molar-refractivity contribution is -0.144. The molecule has 16 heavy (non-hydrogen) atoms. The minimum atomic E-state index is -1.21. The molecule has 1 amide bonds. The zero-order valence-corrected chi connectivity index (χ0v) is 9.52. The summed E-state index contributed by atoms with van der Waals surface area (Å²) in [5, 5.41) is 17.6. The van der Waals surface area contributed by atoms with Crippen LogP contribution in [0.5, 0.6) is 5.75 Å². The number of carboxylic acids is 1. The van der Waals surface area contributed by atoms with Crippen LogP contribution in [0.4, 0.5) is 0 Å². The molecule has 0 spiro atoms. The van der Waals surface area contributed by atoms with Crippen LogP contribution in [0, 0.1) is 0 Å². The Kier molecular flexibility index (Phi) is 4.27. The van der Waals surface area contributed by atoms with Gasteiger partial charge in [0.25, 0.3) is 5.91 Å². The number of phenolic OH excluding ortho intramolecular Hbond substituents is 1. The Labute approximate surface area is 98.9 Å². The number of benzene rings is 1. The molecule has 1 rings (SSSR count). The Morgan fingerprint density at radius 3 is 2.75 bits per heavy atom. The van der Waals surface area contributed by atoms with Crippen molar-refractivity contribution < 1.29 is 24.6 Å². The highest BCUT2D eigenvalue weighted by Crippen LogP contribution is 2.21. The lowest BCUT2D eigenvalue weighted by Gasteiger charge is -2.05. The van der Waals surface area contributed by atoms with Crippen LogP contribution in [-0.2, 0) is 9.63 Å². The summed E-state index contributed by atoms with van der Waals surface area (Å²) in [5.74, 6) is -2.15. The molecule has 0 saturated heterocycles. The van der Waals surface area contributed by atoms with Crippen LogP contribution in [0.1, 0.15) is 10.4 Å². The summed E-state index contributed by atoms with van der Waals surface area (Å²) in [7, 11) is 0. The van der Waals surface area contributed by atoms with Crippen molar-refractivity contribution in [1.82, 2.24) is 5.48 Å². The first-order valence-corrected chi connectivity index (χ1v) is 4.92. The monoisotopic (exact) mass is 289 g/mol. The van der Waals surface area contributed by atoms with E-state index in [1.807, 2.05) is 5.48 Å². The molecular formula is C9H8BrNO5. The Morgan fingerprint density at radius 2 is 2.12 bits per heavy atom. The Morgan fingerprint density at radius 1 is 1.44 bits per heavy atom. The second-order valence-corrected chi connectivity index (χ2v) is 3.69. The van der Waals surface area contributed by atoms with Gasteiger partial charge in [0.05, 0.1) is 5.56 Å². The SMILES string of the molecule is O=C(O)CONC(=O)c1cc(Br)ccc1O. The number of aliphatic carboxylic acids is 1. The number of carboxylic acid groups (broad SMARTS) is 1. The quantitative estimate of drug-likeness (QED) is 0.716. The van der Waals surface area contributed by atoms with Gasteiger partial charge in [-0.3, -0.25) is 9.63 Å². The molecule has 0 aliphatic heterocycles. The number of hydroxylamine groups is 1. The van der Waals surface area contributed by atoms with Gasteiger partial charge in [-0.15, -0.1) is 0 Å². The van der Waals surface area contributed by atoms with Gasteiger partial charge in [-0.05, 0) is 18.2 Å². The van der Waals surface area contributed by atoms with Crippen LogP contribution in [-0.4, -0.2) is 28.7 Å². The van der Waals surface area contributed by atoms with Gasteiger partial charge in [0.1, 0.15) is 5.75 Å². The second kappa shape index (κ2) is 5.47. The minimum Gasteiger partial charge on any atom is -0.507 e. The van der Waals surface area contributed by atoms with Crippen LogP contribution in [0.25, 0.3) is 0 Å². The first kappa shape index (κ1) is 12.5. The normalized spacial score (nSPS) is 9.81. The fourth-order valence-electron chi connectivity index (χ4n) is 0.908. The summed E-state index contributed by atoms with van der Waals surface area (Å²) in [6.45, 7) is -0.652. The zero-order chi connectivity index (χ0) is 12.1. The van der Waals surface area contributed by atoms with E-state index in [1.54, 1.807) is 6.07 Å². The highest BCUT2D eigenvalue weighted by atomic mass is 79.9. The van der Waals surface area contributed by atoms with Crippen molar-refractivity contribution in [1.29, 1.82) is 0 Å². The molecular weight excluding hydrogens is 282 g/mol. The first-order chi connectivity index (χ1) is 7.50. The minimum absolute atomic E-state index is 0.0141. The third-order valence-corrected chi connectivity index (χ3v) is 2.06. The van der Waals surface area contributed by atoms with E-state index in [0.717, 1.165) is 0 Å². The number of carbonyl (C=O) groups excluding carboxylic acids is 1. The maximum absolute atomic E-state index is 11.4. The summed E-state index contributed by atoms with van der Waals surface area (Å²) < 4.78 is 0.605. The average Bonchev–Trinajstić information content (AvgIpc) is 2.21. The van der Waals surface area contributed by atoms with Crippen LogP contribution >= 0.6 is 15.9 Å². The zero-order valence-electron chi connectivity index (χ0n) is 7.94. The maximum Gasteiger partial charge on any atom is 0.332 e. The number of phenols is 1. The smallest absolute Gasteiger partial charge is 0.332 e. The number of halogens is 1. The highest BCUT2D eigenvalue weighted by molar-refractivity contribution is 9.10. The van der Waals surface area contributed by atoms with Crippen LogP contribution in [0.3, 0.4) is 0 Å². The molecule has 86 valence electrons.